The number of nitrogens with zero attached hydrogens (tertiary/aromatic N) is 4. The summed E-state index contributed by atoms with van der Waals surface area (Å²) >= 11 is 0. The zero-order chi connectivity index (χ0) is 24.1. The van der Waals surface area contributed by atoms with E-state index in [1.165, 1.54) is 10.4 Å². The molecular formula is C22H33N5O6S. The predicted octanol–water partition coefficient (Wildman–Crippen LogP) is -0.952. The first-order valence-electron chi connectivity index (χ1n) is 11.7. The summed E-state index contributed by atoms with van der Waals surface area (Å²) in [5.74, 6) is -0.254. The fourth-order valence-electron chi connectivity index (χ4n) is 4.42. The number of anilines is 1. The van der Waals surface area contributed by atoms with Gasteiger partial charge in [-0.3, -0.25) is 14.5 Å². The number of carbonyl (C=O) groups is 2. The highest BCUT2D eigenvalue weighted by Gasteiger charge is 2.31. The highest BCUT2D eigenvalue weighted by atomic mass is 32.2. The van der Waals surface area contributed by atoms with E-state index in [1.807, 2.05) is 4.90 Å². The van der Waals surface area contributed by atoms with Crippen LogP contribution in [0, 0.1) is 0 Å². The molecule has 188 valence electrons. The molecule has 0 aromatic heterocycles. The third-order valence-corrected chi connectivity index (χ3v) is 8.36. The van der Waals surface area contributed by atoms with E-state index in [1.54, 1.807) is 24.1 Å². The Morgan fingerprint density at radius 3 is 2.15 bits per heavy atom. The Labute approximate surface area is 200 Å². The van der Waals surface area contributed by atoms with Gasteiger partial charge >= 0.3 is 0 Å². The van der Waals surface area contributed by atoms with Gasteiger partial charge in [-0.25, -0.2) is 8.42 Å². The predicted molar refractivity (Wildman–Crippen MR) is 125 cm³/mol. The largest absolute Gasteiger partial charge is 0.379 e. The van der Waals surface area contributed by atoms with Crippen LogP contribution < -0.4 is 10.2 Å². The molecule has 1 aromatic rings. The Kier molecular flexibility index (Phi) is 8.04. The zero-order valence-electron chi connectivity index (χ0n) is 19.6. The first-order chi connectivity index (χ1) is 16.4. The van der Waals surface area contributed by atoms with Gasteiger partial charge in [0.2, 0.25) is 15.9 Å². The fraction of sp³-hybridized carbons (Fsp3) is 0.636. The maximum atomic E-state index is 13.6. The fourth-order valence-corrected chi connectivity index (χ4v) is 5.86. The van der Waals surface area contributed by atoms with E-state index in [9.17, 15) is 18.0 Å². The maximum absolute atomic E-state index is 13.6. The smallest absolute Gasteiger partial charge is 0.256 e. The summed E-state index contributed by atoms with van der Waals surface area (Å²) < 4.78 is 38.7. The average Bonchev–Trinajstić information content (AvgIpc) is 2.89. The van der Waals surface area contributed by atoms with Gasteiger partial charge in [0, 0.05) is 65.1 Å². The van der Waals surface area contributed by atoms with Crippen molar-refractivity contribution < 1.29 is 27.5 Å². The number of benzene rings is 1. The highest BCUT2D eigenvalue weighted by molar-refractivity contribution is 7.89. The summed E-state index contributed by atoms with van der Waals surface area (Å²) in [6.45, 7) is 6.09. The minimum Gasteiger partial charge on any atom is -0.379 e. The molecule has 4 rings (SSSR count). The minimum atomic E-state index is -3.73. The van der Waals surface area contributed by atoms with E-state index in [0.29, 0.717) is 90.9 Å². The van der Waals surface area contributed by atoms with E-state index >= 15 is 0 Å². The molecule has 0 atom stereocenters. The summed E-state index contributed by atoms with van der Waals surface area (Å²) in [6, 6.07) is 4.86. The molecule has 3 aliphatic rings. The van der Waals surface area contributed by atoms with Gasteiger partial charge < -0.3 is 24.6 Å². The van der Waals surface area contributed by atoms with Gasteiger partial charge in [-0.2, -0.15) is 4.31 Å². The number of carbonyl (C=O) groups excluding carboxylic acids is 2. The molecule has 3 fully saturated rings. The molecule has 0 saturated carbocycles. The van der Waals surface area contributed by atoms with Crippen LogP contribution in [0.25, 0.3) is 0 Å². The lowest BCUT2D eigenvalue weighted by molar-refractivity contribution is -0.122. The van der Waals surface area contributed by atoms with Crippen LogP contribution in [0.2, 0.25) is 0 Å². The number of ether oxygens (including phenoxy) is 2. The lowest BCUT2D eigenvalue weighted by Crippen LogP contribution is -2.51. The van der Waals surface area contributed by atoms with Gasteiger partial charge in [-0.05, 0) is 18.2 Å². The number of hydrogen-bond donors (Lipinski definition) is 1. The molecule has 1 aromatic carbocycles. The number of rotatable bonds is 6. The zero-order valence-corrected chi connectivity index (χ0v) is 20.4. The number of nitrogens with one attached hydrogen (secondary N) is 1. The second kappa shape index (κ2) is 11.0. The third kappa shape index (κ3) is 5.52. The first kappa shape index (κ1) is 24.9. The summed E-state index contributed by atoms with van der Waals surface area (Å²) in [7, 11) is -2.13. The SMILES string of the molecule is CNC(=O)CN1CCN(C(=O)c2cc(S(=O)(=O)N3CCOCC3)ccc2N2CCOCC2)CC1. The normalized spacial score (nSPS) is 20.9. The molecule has 2 amide bonds. The lowest BCUT2D eigenvalue weighted by Gasteiger charge is -2.36. The first-order valence-corrected chi connectivity index (χ1v) is 13.1. The molecule has 3 heterocycles. The third-order valence-electron chi connectivity index (χ3n) is 6.46. The molecule has 3 saturated heterocycles. The van der Waals surface area contributed by atoms with Crippen LogP contribution in [0.1, 0.15) is 10.4 Å². The van der Waals surface area contributed by atoms with Crippen molar-refractivity contribution in [3.05, 3.63) is 23.8 Å². The molecule has 0 aliphatic carbocycles. The van der Waals surface area contributed by atoms with Crippen LogP contribution in [0.5, 0.6) is 0 Å². The molecule has 3 aliphatic heterocycles. The molecule has 11 nitrogen and oxygen atoms in total. The van der Waals surface area contributed by atoms with Crippen LogP contribution in [-0.4, -0.2) is 127 Å². The number of piperazine rings is 1. The van der Waals surface area contributed by atoms with Crippen molar-refractivity contribution in [2.24, 2.45) is 0 Å². The molecule has 0 bridgehead atoms. The van der Waals surface area contributed by atoms with Gasteiger partial charge in [-0.1, -0.05) is 0 Å². The van der Waals surface area contributed by atoms with Crippen molar-refractivity contribution in [1.82, 2.24) is 19.4 Å². The molecule has 0 spiro atoms. The van der Waals surface area contributed by atoms with Gasteiger partial charge in [0.25, 0.3) is 5.91 Å². The van der Waals surface area contributed by atoms with E-state index < -0.39 is 10.0 Å². The van der Waals surface area contributed by atoms with Crippen LogP contribution in [0.4, 0.5) is 5.69 Å². The van der Waals surface area contributed by atoms with Crippen LogP contribution >= 0.6 is 0 Å². The summed E-state index contributed by atoms with van der Waals surface area (Å²) in [5, 5.41) is 2.62. The Bertz CT molecular complexity index is 983. The number of likely N-dealkylation sites (N-methyl/N-ethyl adjacent to an activating group) is 1. The monoisotopic (exact) mass is 495 g/mol. The number of hydrogen-bond acceptors (Lipinski definition) is 8. The second-order valence-electron chi connectivity index (χ2n) is 8.54. The van der Waals surface area contributed by atoms with Crippen molar-refractivity contribution >= 4 is 27.5 Å². The summed E-state index contributed by atoms with van der Waals surface area (Å²) in [4.78, 5) is 31.3. The molecule has 0 unspecified atom stereocenters. The van der Waals surface area contributed by atoms with Crippen molar-refractivity contribution in [1.29, 1.82) is 0 Å². The topological polar surface area (TPSA) is 112 Å². The summed E-state index contributed by atoms with van der Waals surface area (Å²) in [5.41, 5.74) is 1.11. The van der Waals surface area contributed by atoms with Crippen molar-refractivity contribution in [2.45, 2.75) is 4.90 Å². The second-order valence-corrected chi connectivity index (χ2v) is 10.5. The molecule has 1 N–H and O–H groups in total. The van der Waals surface area contributed by atoms with Crippen LogP contribution in [-0.2, 0) is 24.3 Å². The minimum absolute atomic E-state index is 0.0598. The molecule has 34 heavy (non-hydrogen) atoms. The van der Waals surface area contributed by atoms with Crippen LogP contribution in [0.3, 0.4) is 0 Å². The van der Waals surface area contributed by atoms with Crippen molar-refractivity contribution in [2.75, 3.05) is 97.3 Å². The van der Waals surface area contributed by atoms with E-state index in [2.05, 4.69) is 10.2 Å². The molecular weight excluding hydrogens is 462 g/mol. The Balaban J connectivity index is 1.59. The Hall–Kier alpha value is -2.25. The Morgan fingerprint density at radius 1 is 0.912 bits per heavy atom. The average molecular weight is 496 g/mol. The Morgan fingerprint density at radius 2 is 1.53 bits per heavy atom. The lowest BCUT2D eigenvalue weighted by atomic mass is 10.1. The number of morpholine rings is 2. The van der Waals surface area contributed by atoms with E-state index in [4.69, 9.17) is 9.47 Å². The van der Waals surface area contributed by atoms with Crippen molar-refractivity contribution in [3.8, 4) is 0 Å². The number of sulfonamides is 1. The van der Waals surface area contributed by atoms with E-state index in [0.717, 1.165) is 5.69 Å². The molecule has 12 heteroatoms. The molecule has 0 radical (unpaired) electrons. The van der Waals surface area contributed by atoms with Gasteiger partial charge in [0.1, 0.15) is 0 Å². The van der Waals surface area contributed by atoms with Gasteiger partial charge in [0.05, 0.1) is 43.4 Å². The number of amides is 2. The highest BCUT2D eigenvalue weighted by Crippen LogP contribution is 2.28. The van der Waals surface area contributed by atoms with E-state index in [-0.39, 0.29) is 16.7 Å². The van der Waals surface area contributed by atoms with Crippen LogP contribution in [0.15, 0.2) is 23.1 Å². The van der Waals surface area contributed by atoms with Gasteiger partial charge in [-0.15, -0.1) is 0 Å². The maximum Gasteiger partial charge on any atom is 0.256 e. The quantitative estimate of drug-likeness (QED) is 0.538. The van der Waals surface area contributed by atoms with Crippen molar-refractivity contribution in [3.63, 3.8) is 0 Å². The van der Waals surface area contributed by atoms with Gasteiger partial charge in [0.15, 0.2) is 0 Å². The summed E-state index contributed by atoms with van der Waals surface area (Å²) in [6.07, 6.45) is 0. The standard InChI is InChI=1S/C22H33N5O6S/c1-23-21(28)17-24-4-6-26(7-5-24)22(29)19-16-18(34(30,31)27-10-14-33-15-11-27)2-3-20(19)25-8-12-32-13-9-25/h2-3,16H,4-15,17H2,1H3,(H,23,28).